The van der Waals surface area contributed by atoms with Gasteiger partial charge in [-0.3, -0.25) is 0 Å². The van der Waals surface area contributed by atoms with Crippen molar-refractivity contribution in [1.82, 2.24) is 0 Å². The molecule has 0 N–H and O–H groups in total. The summed E-state index contributed by atoms with van der Waals surface area (Å²) in [5.74, 6) is -2.49. The zero-order chi connectivity index (χ0) is 24.5. The molecule has 4 rings (SSSR count). The molecule has 184 valence electrons. The van der Waals surface area contributed by atoms with E-state index in [1.165, 1.54) is 43.5 Å². The van der Waals surface area contributed by atoms with Gasteiger partial charge >= 0.3 is 6.36 Å². The van der Waals surface area contributed by atoms with E-state index in [-0.39, 0.29) is 29.9 Å². The van der Waals surface area contributed by atoms with E-state index in [0.717, 1.165) is 31.7 Å². The summed E-state index contributed by atoms with van der Waals surface area (Å²) in [5, 5.41) is 0. The lowest BCUT2D eigenvalue weighted by molar-refractivity contribution is -0.275. The molecule has 2 aromatic rings. The van der Waals surface area contributed by atoms with Gasteiger partial charge in [0.25, 0.3) is 0 Å². The van der Waals surface area contributed by atoms with E-state index in [1.807, 2.05) is 0 Å². The lowest BCUT2D eigenvalue weighted by Crippen LogP contribution is -2.19. The summed E-state index contributed by atoms with van der Waals surface area (Å²) < 4.78 is 85.9. The van der Waals surface area contributed by atoms with Gasteiger partial charge in [-0.1, -0.05) is 38.3 Å². The molecule has 0 amide bonds. The van der Waals surface area contributed by atoms with E-state index in [2.05, 4.69) is 11.7 Å². The van der Waals surface area contributed by atoms with E-state index in [9.17, 15) is 17.6 Å². The van der Waals surface area contributed by atoms with Crippen molar-refractivity contribution in [3.05, 3.63) is 70.0 Å². The molecule has 0 radical (unpaired) electrons. The molecule has 2 aliphatic rings. The first-order valence-corrected chi connectivity index (χ1v) is 11.9. The van der Waals surface area contributed by atoms with E-state index in [4.69, 9.17) is 0 Å². The second-order valence-electron chi connectivity index (χ2n) is 9.39. The number of allylic oxidation sites excluding steroid dienone is 2. The molecule has 1 fully saturated rings. The molecule has 0 saturated heterocycles. The number of rotatable bonds is 6. The minimum absolute atomic E-state index is 0.0221. The van der Waals surface area contributed by atoms with Crippen LogP contribution in [0.2, 0.25) is 0 Å². The number of halogens is 6. The molecule has 2 aromatic carbocycles. The Hall–Kier alpha value is -2.44. The zero-order valence-corrected chi connectivity index (χ0v) is 19.1. The van der Waals surface area contributed by atoms with Crippen LogP contribution >= 0.6 is 0 Å². The second kappa shape index (κ2) is 10.0. The highest BCUT2D eigenvalue weighted by atomic mass is 19.4. The lowest BCUT2D eigenvalue weighted by Gasteiger charge is -2.29. The number of ether oxygens (including phenoxy) is 1. The first-order chi connectivity index (χ1) is 16.2. The van der Waals surface area contributed by atoms with Gasteiger partial charge in [0, 0.05) is 5.56 Å². The van der Waals surface area contributed by atoms with Gasteiger partial charge in [-0.25, -0.2) is 13.2 Å². The lowest BCUT2D eigenvalue weighted by atomic mass is 9.76. The van der Waals surface area contributed by atoms with Gasteiger partial charge in [0.05, 0.1) is 0 Å². The quantitative estimate of drug-likeness (QED) is 0.375. The fourth-order valence-corrected chi connectivity index (χ4v) is 5.34. The van der Waals surface area contributed by atoms with Crippen molar-refractivity contribution in [2.45, 2.75) is 77.0 Å². The molecule has 1 nitrogen and oxygen atoms in total. The predicted molar refractivity (Wildman–Crippen MR) is 119 cm³/mol. The first-order valence-electron chi connectivity index (χ1n) is 11.9. The summed E-state index contributed by atoms with van der Waals surface area (Å²) in [4.78, 5) is 0. The van der Waals surface area contributed by atoms with Gasteiger partial charge in [0.2, 0.25) is 0 Å². The summed E-state index contributed by atoms with van der Waals surface area (Å²) in [6, 6.07) is 5.03. The molecule has 0 unspecified atom stereocenters. The number of hydrogen-bond donors (Lipinski definition) is 0. The molecular formula is C27H28F6O. The molecule has 0 aliphatic heterocycles. The number of benzene rings is 2. The molecule has 1 saturated carbocycles. The van der Waals surface area contributed by atoms with E-state index in [0.29, 0.717) is 22.6 Å². The Morgan fingerprint density at radius 3 is 2.26 bits per heavy atom. The maximum atomic E-state index is 15.1. The van der Waals surface area contributed by atoms with Gasteiger partial charge in [0.1, 0.15) is 11.6 Å². The minimum Gasteiger partial charge on any atom is -0.403 e. The van der Waals surface area contributed by atoms with Crippen LogP contribution in [-0.2, 0) is 12.8 Å². The highest BCUT2D eigenvalue weighted by molar-refractivity contribution is 5.72. The van der Waals surface area contributed by atoms with Crippen LogP contribution in [-0.4, -0.2) is 6.36 Å². The summed E-state index contributed by atoms with van der Waals surface area (Å²) in [6.07, 6.45) is 4.00. The van der Waals surface area contributed by atoms with Crippen molar-refractivity contribution >= 4 is 5.57 Å². The SMILES string of the molecule is CCCCC1CCC(c2cc(F)c(C3=CCc4c(ccc(OC(F)(F)F)c4F)C3)c(F)c2)CC1. The van der Waals surface area contributed by atoms with Gasteiger partial charge in [0.15, 0.2) is 11.6 Å². The van der Waals surface area contributed by atoms with E-state index in [1.54, 1.807) is 0 Å². The maximum absolute atomic E-state index is 15.1. The van der Waals surface area contributed by atoms with Crippen LogP contribution in [0, 0.1) is 23.4 Å². The first kappa shape index (κ1) is 24.7. The van der Waals surface area contributed by atoms with Crippen LogP contribution in [0.15, 0.2) is 30.3 Å². The highest BCUT2D eigenvalue weighted by Gasteiger charge is 2.33. The molecule has 7 heteroatoms. The number of unbranched alkanes of at least 4 members (excludes halogenated alkanes) is 1. The number of fused-ring (bicyclic) bond motifs is 1. The van der Waals surface area contributed by atoms with Crippen LogP contribution in [0.3, 0.4) is 0 Å². The van der Waals surface area contributed by atoms with Gasteiger partial charge < -0.3 is 4.74 Å². The van der Waals surface area contributed by atoms with Crippen LogP contribution in [0.5, 0.6) is 5.75 Å². The standard InChI is InChI=1S/C27H28F6O/c1-2-3-4-16-5-7-17(8-6-16)20-14-22(28)25(23(29)15-20)19-9-11-21-18(13-19)10-12-24(26(21)30)34-27(31,32)33/h9-10,12,14-17H,2-8,11,13H2,1H3. The normalized spacial score (nSPS) is 20.6. The van der Waals surface area contributed by atoms with Crippen molar-refractivity contribution in [1.29, 1.82) is 0 Å². The second-order valence-corrected chi connectivity index (χ2v) is 9.39. The van der Waals surface area contributed by atoms with Crippen molar-refractivity contribution < 1.29 is 31.1 Å². The number of alkyl halides is 3. The van der Waals surface area contributed by atoms with Crippen molar-refractivity contribution in [2.24, 2.45) is 5.92 Å². The Bertz CT molecular complexity index is 1040. The Morgan fingerprint density at radius 2 is 1.65 bits per heavy atom. The summed E-state index contributed by atoms with van der Waals surface area (Å²) in [5.41, 5.74) is 1.31. The van der Waals surface area contributed by atoms with Gasteiger partial charge in [-0.15, -0.1) is 13.2 Å². The topological polar surface area (TPSA) is 9.23 Å². The molecule has 0 bridgehead atoms. The minimum atomic E-state index is -5.01. The highest BCUT2D eigenvalue weighted by Crippen LogP contribution is 2.40. The Morgan fingerprint density at radius 1 is 0.971 bits per heavy atom. The zero-order valence-electron chi connectivity index (χ0n) is 19.1. The monoisotopic (exact) mass is 482 g/mol. The van der Waals surface area contributed by atoms with Crippen LogP contribution in [0.4, 0.5) is 26.3 Å². The third-order valence-corrected chi connectivity index (χ3v) is 7.13. The smallest absolute Gasteiger partial charge is 0.403 e. The summed E-state index contributed by atoms with van der Waals surface area (Å²) in [6.45, 7) is 2.18. The Kier molecular flexibility index (Phi) is 7.29. The van der Waals surface area contributed by atoms with Crippen molar-refractivity contribution in [2.75, 3.05) is 0 Å². The summed E-state index contributed by atoms with van der Waals surface area (Å²) in [7, 11) is 0. The van der Waals surface area contributed by atoms with Gasteiger partial charge in [-0.2, -0.15) is 0 Å². The Balaban J connectivity index is 1.51. The summed E-state index contributed by atoms with van der Waals surface area (Å²) >= 11 is 0. The third-order valence-electron chi connectivity index (χ3n) is 7.13. The Labute approximate surface area is 195 Å². The maximum Gasteiger partial charge on any atom is 0.573 e. The average molecular weight is 483 g/mol. The largest absolute Gasteiger partial charge is 0.573 e. The molecule has 2 aliphatic carbocycles. The fraction of sp³-hybridized carbons (Fsp3) is 0.481. The predicted octanol–water partition coefficient (Wildman–Crippen LogP) is 8.65. The van der Waals surface area contributed by atoms with Crippen molar-refractivity contribution in [3.8, 4) is 5.75 Å². The van der Waals surface area contributed by atoms with Gasteiger partial charge in [-0.05, 0) is 90.8 Å². The molecule has 0 atom stereocenters. The van der Waals surface area contributed by atoms with Crippen molar-refractivity contribution in [3.63, 3.8) is 0 Å². The number of hydrogen-bond acceptors (Lipinski definition) is 1. The van der Waals surface area contributed by atoms with Crippen LogP contribution in [0.25, 0.3) is 5.57 Å². The molecule has 0 aromatic heterocycles. The third kappa shape index (κ3) is 5.44. The molecule has 0 heterocycles. The van der Waals surface area contributed by atoms with Crippen LogP contribution in [0.1, 0.15) is 80.0 Å². The fourth-order valence-electron chi connectivity index (χ4n) is 5.34. The molecule has 0 spiro atoms. The molecular weight excluding hydrogens is 454 g/mol. The molecule has 34 heavy (non-hydrogen) atoms. The van der Waals surface area contributed by atoms with E-state index < -0.39 is 29.6 Å². The van der Waals surface area contributed by atoms with Crippen LogP contribution < -0.4 is 4.74 Å². The van der Waals surface area contributed by atoms with E-state index >= 15 is 8.78 Å². The average Bonchev–Trinajstić information content (AvgIpc) is 2.78.